The lowest BCUT2D eigenvalue weighted by Crippen LogP contribution is -2.28. The van der Waals surface area contributed by atoms with Crippen molar-refractivity contribution in [2.24, 2.45) is 0 Å². The summed E-state index contributed by atoms with van der Waals surface area (Å²) >= 11 is 3.19. The van der Waals surface area contributed by atoms with Crippen LogP contribution in [0.5, 0.6) is 0 Å². The topological polar surface area (TPSA) is 91.3 Å². The van der Waals surface area contributed by atoms with Gasteiger partial charge in [-0.3, -0.25) is 4.98 Å². The Morgan fingerprint density at radius 1 is 1.29 bits per heavy atom. The van der Waals surface area contributed by atoms with E-state index < -0.39 is 12.0 Å². The minimum absolute atomic E-state index is 0.0147. The highest BCUT2D eigenvalue weighted by atomic mass is 79.9. The van der Waals surface area contributed by atoms with Crippen molar-refractivity contribution in [1.29, 1.82) is 0 Å². The van der Waals surface area contributed by atoms with Crippen LogP contribution < -0.4 is 10.6 Å². The van der Waals surface area contributed by atoms with Gasteiger partial charge in [0.15, 0.2) is 0 Å². The summed E-state index contributed by atoms with van der Waals surface area (Å²) in [7, 11) is 0. The number of aromatic nitrogens is 1. The maximum absolute atomic E-state index is 11.8. The minimum atomic E-state index is -1.11. The van der Waals surface area contributed by atoms with E-state index in [1.165, 1.54) is 12.1 Å². The van der Waals surface area contributed by atoms with E-state index in [9.17, 15) is 9.59 Å². The third kappa shape index (κ3) is 4.28. The lowest BCUT2D eigenvalue weighted by Gasteiger charge is -2.10. The van der Waals surface area contributed by atoms with Crippen LogP contribution in [0.4, 0.5) is 10.5 Å². The molecule has 1 heterocycles. The Balaban J connectivity index is 2.01. The summed E-state index contributed by atoms with van der Waals surface area (Å²) in [6.07, 6.45) is 3.28. The Kier molecular flexibility index (Phi) is 4.89. The molecule has 0 aliphatic carbocycles. The summed E-state index contributed by atoms with van der Waals surface area (Å²) in [6.45, 7) is 0.304. The molecular weight excluding hydrogens is 338 g/mol. The molecule has 0 radical (unpaired) electrons. The summed E-state index contributed by atoms with van der Waals surface area (Å²) in [4.78, 5) is 26.9. The number of hydrogen-bond acceptors (Lipinski definition) is 3. The fourth-order valence-corrected chi connectivity index (χ4v) is 2.02. The van der Waals surface area contributed by atoms with Gasteiger partial charge in [0.05, 0.1) is 11.3 Å². The molecule has 0 atom stereocenters. The molecule has 0 spiro atoms. The number of aromatic carboxylic acids is 1. The van der Waals surface area contributed by atoms with Crippen LogP contribution in [0.1, 0.15) is 15.9 Å². The van der Waals surface area contributed by atoms with Crippen molar-refractivity contribution < 1.29 is 14.7 Å². The van der Waals surface area contributed by atoms with Gasteiger partial charge in [-0.1, -0.05) is 22.0 Å². The second-order valence-corrected chi connectivity index (χ2v) is 5.08. The van der Waals surface area contributed by atoms with Gasteiger partial charge >= 0.3 is 12.0 Å². The summed E-state index contributed by atoms with van der Waals surface area (Å²) in [6, 6.07) is 7.73. The van der Waals surface area contributed by atoms with Crippen LogP contribution in [-0.4, -0.2) is 22.1 Å². The molecular formula is C14H12BrN3O3. The van der Waals surface area contributed by atoms with Crippen LogP contribution in [0.3, 0.4) is 0 Å². The Hall–Kier alpha value is -2.41. The van der Waals surface area contributed by atoms with Gasteiger partial charge in [-0.15, -0.1) is 0 Å². The molecule has 1 aromatic carbocycles. The number of carbonyl (C=O) groups excluding carboxylic acids is 1. The highest BCUT2D eigenvalue weighted by Crippen LogP contribution is 2.21. The summed E-state index contributed by atoms with van der Waals surface area (Å²) < 4.78 is 0.626. The number of carboxylic acids is 1. The van der Waals surface area contributed by atoms with Crippen molar-refractivity contribution in [3.63, 3.8) is 0 Å². The quantitative estimate of drug-likeness (QED) is 0.791. The Morgan fingerprint density at radius 3 is 2.76 bits per heavy atom. The molecule has 2 rings (SSSR count). The smallest absolute Gasteiger partial charge is 0.337 e. The molecule has 0 unspecified atom stereocenters. The van der Waals surface area contributed by atoms with Crippen molar-refractivity contribution >= 4 is 33.6 Å². The first-order chi connectivity index (χ1) is 10.1. The minimum Gasteiger partial charge on any atom is -0.478 e. The van der Waals surface area contributed by atoms with E-state index >= 15 is 0 Å². The van der Waals surface area contributed by atoms with Crippen LogP contribution in [0.2, 0.25) is 0 Å². The number of amides is 2. The average Bonchev–Trinajstić information content (AvgIpc) is 2.48. The maximum Gasteiger partial charge on any atom is 0.337 e. The van der Waals surface area contributed by atoms with Crippen LogP contribution in [0.15, 0.2) is 47.2 Å². The predicted octanol–water partition coefficient (Wildman–Crippen LogP) is 2.86. The Morgan fingerprint density at radius 2 is 2.10 bits per heavy atom. The SMILES string of the molecule is O=C(NCc1cccnc1)Nc1ccc(Br)cc1C(=O)O. The van der Waals surface area contributed by atoms with Gasteiger partial charge in [0, 0.05) is 23.4 Å². The number of carbonyl (C=O) groups is 2. The van der Waals surface area contributed by atoms with E-state index in [-0.39, 0.29) is 11.3 Å². The Bertz CT molecular complexity index is 662. The molecule has 7 heteroatoms. The second kappa shape index (κ2) is 6.85. The highest BCUT2D eigenvalue weighted by Gasteiger charge is 2.12. The monoisotopic (exact) mass is 349 g/mol. The van der Waals surface area contributed by atoms with E-state index in [2.05, 4.69) is 31.5 Å². The van der Waals surface area contributed by atoms with Gasteiger partial charge in [-0.25, -0.2) is 9.59 Å². The van der Waals surface area contributed by atoms with E-state index in [1.54, 1.807) is 24.5 Å². The molecule has 0 bridgehead atoms. The van der Waals surface area contributed by atoms with Crippen molar-refractivity contribution in [1.82, 2.24) is 10.3 Å². The van der Waals surface area contributed by atoms with Crippen molar-refractivity contribution in [3.8, 4) is 0 Å². The lowest BCUT2D eigenvalue weighted by atomic mass is 10.2. The van der Waals surface area contributed by atoms with Gasteiger partial charge in [0.1, 0.15) is 0 Å². The fourth-order valence-electron chi connectivity index (χ4n) is 1.65. The molecule has 6 nitrogen and oxygen atoms in total. The van der Waals surface area contributed by atoms with Crippen molar-refractivity contribution in [2.75, 3.05) is 5.32 Å². The highest BCUT2D eigenvalue weighted by molar-refractivity contribution is 9.10. The standard InChI is InChI=1S/C14H12BrN3O3/c15-10-3-4-12(11(6-10)13(19)20)18-14(21)17-8-9-2-1-5-16-7-9/h1-7H,8H2,(H,19,20)(H2,17,18,21). The second-order valence-electron chi connectivity index (χ2n) is 4.16. The van der Waals surface area contributed by atoms with Crippen molar-refractivity contribution in [3.05, 3.63) is 58.3 Å². The van der Waals surface area contributed by atoms with E-state index in [0.717, 1.165) is 5.56 Å². The fraction of sp³-hybridized carbons (Fsp3) is 0.0714. The molecule has 108 valence electrons. The molecule has 0 fully saturated rings. The summed E-state index contributed by atoms with van der Waals surface area (Å²) in [5.74, 6) is -1.11. The number of hydrogen-bond donors (Lipinski definition) is 3. The van der Waals surface area contributed by atoms with E-state index in [4.69, 9.17) is 5.11 Å². The molecule has 21 heavy (non-hydrogen) atoms. The number of nitrogens with one attached hydrogen (secondary N) is 2. The zero-order chi connectivity index (χ0) is 15.2. The lowest BCUT2D eigenvalue weighted by molar-refractivity contribution is 0.0698. The summed E-state index contributed by atoms with van der Waals surface area (Å²) in [5, 5.41) is 14.3. The van der Waals surface area contributed by atoms with E-state index in [1.807, 2.05) is 6.07 Å². The number of anilines is 1. The first-order valence-corrected chi connectivity index (χ1v) is 6.82. The number of rotatable bonds is 4. The number of carboxylic acid groups (broad SMARTS) is 1. The van der Waals surface area contributed by atoms with Crippen LogP contribution in [0.25, 0.3) is 0 Å². The van der Waals surface area contributed by atoms with Gasteiger partial charge < -0.3 is 15.7 Å². The molecule has 0 saturated heterocycles. The third-order valence-corrected chi connectivity index (χ3v) is 3.13. The molecule has 0 aliphatic rings. The molecule has 3 N–H and O–H groups in total. The maximum atomic E-state index is 11.8. The van der Waals surface area contributed by atoms with Crippen LogP contribution >= 0.6 is 15.9 Å². The normalized spacial score (nSPS) is 9.95. The average molecular weight is 350 g/mol. The zero-order valence-electron chi connectivity index (χ0n) is 10.8. The predicted molar refractivity (Wildman–Crippen MR) is 81.2 cm³/mol. The van der Waals surface area contributed by atoms with Gasteiger partial charge in [-0.05, 0) is 29.8 Å². The number of benzene rings is 1. The zero-order valence-corrected chi connectivity index (χ0v) is 12.4. The summed E-state index contributed by atoms with van der Waals surface area (Å²) in [5.41, 5.74) is 1.09. The number of pyridine rings is 1. The third-order valence-electron chi connectivity index (χ3n) is 2.64. The van der Waals surface area contributed by atoms with Crippen LogP contribution in [0, 0.1) is 0 Å². The van der Waals surface area contributed by atoms with Crippen molar-refractivity contribution in [2.45, 2.75) is 6.54 Å². The largest absolute Gasteiger partial charge is 0.478 e. The molecule has 2 aromatic rings. The first-order valence-electron chi connectivity index (χ1n) is 6.03. The molecule has 1 aromatic heterocycles. The van der Waals surface area contributed by atoms with Gasteiger partial charge in [0.2, 0.25) is 0 Å². The first kappa shape index (κ1) is 15.0. The number of urea groups is 1. The van der Waals surface area contributed by atoms with Crippen LogP contribution in [-0.2, 0) is 6.54 Å². The molecule has 2 amide bonds. The van der Waals surface area contributed by atoms with Gasteiger partial charge in [-0.2, -0.15) is 0 Å². The molecule has 0 aliphatic heterocycles. The molecule has 0 saturated carbocycles. The van der Waals surface area contributed by atoms with Gasteiger partial charge in [0.25, 0.3) is 0 Å². The number of nitrogens with zero attached hydrogens (tertiary/aromatic N) is 1. The van der Waals surface area contributed by atoms with E-state index in [0.29, 0.717) is 11.0 Å². The Labute approximate surface area is 129 Å². The number of halogens is 1.